The molecule has 1 unspecified atom stereocenters. The van der Waals surface area contributed by atoms with Gasteiger partial charge in [-0.15, -0.1) is 0 Å². The Kier molecular flexibility index (Phi) is 5.26. The Hall–Kier alpha value is -3.55. The maximum absolute atomic E-state index is 12.4. The molecule has 0 saturated carbocycles. The molecule has 0 radical (unpaired) electrons. The zero-order valence-electron chi connectivity index (χ0n) is 20.1. The largest absolute Gasteiger partial charge is 0.482 e. The number of nitrogens with two attached hydrogens (primary N) is 1. The average Bonchev–Trinajstić information content (AvgIpc) is 3.33. The molecular formula is C26H31N5O3. The van der Waals surface area contributed by atoms with Crippen molar-refractivity contribution in [3.05, 3.63) is 59.9 Å². The summed E-state index contributed by atoms with van der Waals surface area (Å²) in [7, 11) is 0. The number of ether oxygens (including phenoxy) is 2. The maximum Gasteiger partial charge on any atom is 0.410 e. The number of hydrogen-bond donors (Lipinski definition) is 1. The third-order valence-corrected chi connectivity index (χ3v) is 6.51. The van der Waals surface area contributed by atoms with Crippen LogP contribution >= 0.6 is 0 Å². The van der Waals surface area contributed by atoms with Crippen molar-refractivity contribution in [1.82, 2.24) is 19.7 Å². The van der Waals surface area contributed by atoms with Crippen molar-refractivity contribution >= 4 is 11.9 Å². The lowest BCUT2D eigenvalue weighted by molar-refractivity contribution is -0.00969. The van der Waals surface area contributed by atoms with Gasteiger partial charge in [0.2, 0.25) is 0 Å². The molecule has 2 aliphatic rings. The molecule has 4 heterocycles. The molecule has 1 saturated heterocycles. The van der Waals surface area contributed by atoms with Crippen LogP contribution in [-0.4, -0.2) is 44.4 Å². The smallest absolute Gasteiger partial charge is 0.410 e. The molecule has 1 spiro atoms. The molecule has 0 aliphatic carbocycles. The van der Waals surface area contributed by atoms with Crippen molar-refractivity contribution in [1.29, 1.82) is 0 Å². The summed E-state index contributed by atoms with van der Waals surface area (Å²) in [4.78, 5) is 18.6. The van der Waals surface area contributed by atoms with Crippen molar-refractivity contribution in [3.63, 3.8) is 0 Å². The van der Waals surface area contributed by atoms with Crippen LogP contribution in [0, 0.1) is 0 Å². The number of nitrogens with zero attached hydrogens (tertiary/aromatic N) is 4. The normalized spacial score (nSPS) is 17.2. The van der Waals surface area contributed by atoms with Crippen LogP contribution in [-0.2, 0) is 16.7 Å². The number of hydrogen-bond acceptors (Lipinski definition) is 6. The van der Waals surface area contributed by atoms with Gasteiger partial charge < -0.3 is 20.1 Å². The molecule has 3 aromatic rings. The lowest BCUT2D eigenvalue weighted by Gasteiger charge is -2.47. The van der Waals surface area contributed by atoms with Gasteiger partial charge in [0.15, 0.2) is 11.6 Å². The zero-order valence-corrected chi connectivity index (χ0v) is 20.1. The summed E-state index contributed by atoms with van der Waals surface area (Å²) in [5.41, 5.74) is 9.45. The number of rotatable bonds is 4. The number of carbonyl (C=O) groups excluding carboxylic acids is 1. The number of likely N-dealkylation sites (tertiary alicyclic amines) is 1. The first-order valence-electron chi connectivity index (χ1n) is 11.7. The molecule has 1 amide bonds. The average molecular weight is 462 g/mol. The lowest BCUT2D eigenvalue weighted by Crippen LogP contribution is -2.61. The third kappa shape index (κ3) is 4.08. The second-order valence-corrected chi connectivity index (χ2v) is 10.3. The van der Waals surface area contributed by atoms with Crippen molar-refractivity contribution in [2.24, 2.45) is 0 Å². The first kappa shape index (κ1) is 22.3. The molecule has 0 bridgehead atoms. The highest BCUT2D eigenvalue weighted by Crippen LogP contribution is 2.44. The van der Waals surface area contributed by atoms with E-state index in [0.717, 1.165) is 35.5 Å². The fourth-order valence-electron chi connectivity index (χ4n) is 4.74. The van der Waals surface area contributed by atoms with Crippen molar-refractivity contribution in [2.75, 3.05) is 18.8 Å². The minimum atomic E-state index is -0.496. The summed E-state index contributed by atoms with van der Waals surface area (Å²) in [6, 6.07) is 14.0. The van der Waals surface area contributed by atoms with Gasteiger partial charge in [-0.05, 0) is 51.8 Å². The number of anilines is 1. The number of amides is 1. The summed E-state index contributed by atoms with van der Waals surface area (Å²) < 4.78 is 13.7. The molecule has 1 aromatic carbocycles. The first-order chi connectivity index (χ1) is 16.1. The fourth-order valence-corrected chi connectivity index (χ4v) is 4.74. The Bertz CT molecular complexity index is 1210. The molecular weight excluding hydrogens is 430 g/mol. The van der Waals surface area contributed by atoms with Crippen LogP contribution in [0.15, 0.2) is 48.7 Å². The van der Waals surface area contributed by atoms with Gasteiger partial charge in [0.25, 0.3) is 0 Å². The predicted molar refractivity (Wildman–Crippen MR) is 129 cm³/mol. The van der Waals surface area contributed by atoms with Gasteiger partial charge in [0, 0.05) is 42.5 Å². The Balaban J connectivity index is 1.33. The summed E-state index contributed by atoms with van der Waals surface area (Å²) in [5.74, 6) is 0.887. The predicted octanol–water partition coefficient (Wildman–Crippen LogP) is 4.56. The fraction of sp³-hybridized carbons (Fsp3) is 0.423. The van der Waals surface area contributed by atoms with E-state index < -0.39 is 5.60 Å². The topological polar surface area (TPSA) is 95.5 Å². The van der Waals surface area contributed by atoms with Gasteiger partial charge in [-0.2, -0.15) is 5.10 Å². The minimum Gasteiger partial charge on any atom is -0.482 e. The maximum atomic E-state index is 12.4. The van der Waals surface area contributed by atoms with E-state index >= 15 is 0 Å². The van der Waals surface area contributed by atoms with Crippen molar-refractivity contribution in [2.45, 2.75) is 57.8 Å². The van der Waals surface area contributed by atoms with E-state index in [9.17, 15) is 4.79 Å². The van der Waals surface area contributed by atoms with Gasteiger partial charge in [0.1, 0.15) is 11.7 Å². The first-order valence-corrected chi connectivity index (χ1v) is 11.7. The second-order valence-electron chi connectivity index (χ2n) is 10.3. The van der Waals surface area contributed by atoms with Crippen LogP contribution in [0.4, 0.5) is 10.6 Å². The van der Waals surface area contributed by atoms with E-state index in [1.165, 1.54) is 0 Å². The Morgan fingerprint density at radius 1 is 1.18 bits per heavy atom. The lowest BCUT2D eigenvalue weighted by atomic mass is 9.76. The number of pyridine rings is 1. The Morgan fingerprint density at radius 3 is 2.62 bits per heavy atom. The van der Waals surface area contributed by atoms with Crippen LogP contribution in [0.2, 0.25) is 0 Å². The number of aryl methyl sites for hydroxylation is 1. The number of benzene rings is 1. The second kappa shape index (κ2) is 8.04. The van der Waals surface area contributed by atoms with Gasteiger partial charge in [-0.1, -0.05) is 30.3 Å². The van der Waals surface area contributed by atoms with Crippen molar-refractivity contribution < 1.29 is 14.3 Å². The van der Waals surface area contributed by atoms with Crippen molar-refractivity contribution in [3.8, 4) is 17.0 Å². The Labute approximate surface area is 199 Å². The highest BCUT2D eigenvalue weighted by Gasteiger charge is 2.52. The number of nitrogen functional groups attached to an aromatic ring is 1. The van der Waals surface area contributed by atoms with Gasteiger partial charge in [-0.25, -0.2) is 9.78 Å². The molecule has 2 aromatic heterocycles. The summed E-state index contributed by atoms with van der Waals surface area (Å²) in [5, 5.41) is 4.82. The number of aromatic nitrogens is 3. The summed E-state index contributed by atoms with van der Waals surface area (Å²) in [6.07, 6.45) is 2.28. The van der Waals surface area contributed by atoms with E-state index in [4.69, 9.17) is 20.3 Å². The molecule has 5 rings (SSSR count). The van der Waals surface area contributed by atoms with Gasteiger partial charge >= 0.3 is 6.09 Å². The van der Waals surface area contributed by atoms with Gasteiger partial charge in [0.05, 0.1) is 5.69 Å². The molecule has 1 fully saturated rings. The van der Waals surface area contributed by atoms with E-state index in [1.807, 2.05) is 68.8 Å². The third-order valence-electron chi connectivity index (χ3n) is 6.51. The number of fused-ring (bicyclic) bond motifs is 2. The van der Waals surface area contributed by atoms with Gasteiger partial charge in [-0.3, -0.25) is 4.68 Å². The standard InChI is InChI=1S/C26H31N5O3/c1-17(18-8-6-5-7-9-18)33-21-12-19(14-28-23(21)27)20-13-22-26(10-11-31(22)29-20)15-30(16-26)24(32)34-25(2,3)4/h5-9,12-14,17H,10-11,15-16H2,1-4H3,(H2,27,28). The molecule has 8 heteroatoms. The molecule has 2 aliphatic heterocycles. The van der Waals surface area contributed by atoms with E-state index in [1.54, 1.807) is 11.1 Å². The van der Waals surface area contributed by atoms with Crippen LogP contribution < -0.4 is 10.5 Å². The number of carbonyl (C=O) groups is 1. The van der Waals surface area contributed by atoms with E-state index in [0.29, 0.717) is 24.7 Å². The van der Waals surface area contributed by atoms with Crippen LogP contribution in [0.1, 0.15) is 51.5 Å². The molecule has 2 N–H and O–H groups in total. The summed E-state index contributed by atoms with van der Waals surface area (Å²) >= 11 is 0. The highest BCUT2D eigenvalue weighted by atomic mass is 16.6. The molecule has 8 nitrogen and oxygen atoms in total. The summed E-state index contributed by atoms with van der Waals surface area (Å²) in [6.45, 7) is 9.77. The van der Waals surface area contributed by atoms with Crippen LogP contribution in [0.25, 0.3) is 11.3 Å². The highest BCUT2D eigenvalue weighted by molar-refractivity contribution is 5.71. The SMILES string of the molecule is CC(Oc1cc(-c2cc3n(n2)CCC32CN(C(=O)OC(C)(C)C)C2)cnc1N)c1ccccc1. The molecule has 34 heavy (non-hydrogen) atoms. The van der Waals surface area contributed by atoms with E-state index in [-0.39, 0.29) is 17.6 Å². The van der Waals surface area contributed by atoms with Crippen LogP contribution in [0.3, 0.4) is 0 Å². The Morgan fingerprint density at radius 2 is 1.91 bits per heavy atom. The quantitative estimate of drug-likeness (QED) is 0.612. The van der Waals surface area contributed by atoms with E-state index in [2.05, 4.69) is 11.1 Å². The minimum absolute atomic E-state index is 0.0649. The monoisotopic (exact) mass is 461 g/mol. The zero-order chi connectivity index (χ0) is 24.1. The molecule has 1 atom stereocenters. The van der Waals surface area contributed by atoms with Crippen LogP contribution in [0.5, 0.6) is 5.75 Å². The molecule has 178 valence electrons.